The number of hydrogen-bond acceptors (Lipinski definition) is 5. The highest BCUT2D eigenvalue weighted by atomic mass is 16.5. The van der Waals surface area contributed by atoms with Gasteiger partial charge in [0.15, 0.2) is 11.9 Å². The fraction of sp³-hybridized carbons (Fsp3) is 0.125. The van der Waals surface area contributed by atoms with Gasteiger partial charge in [-0.2, -0.15) is 0 Å². The summed E-state index contributed by atoms with van der Waals surface area (Å²) < 4.78 is 11.0. The molecule has 0 saturated heterocycles. The molecule has 0 bridgehead atoms. The number of carbonyl (C=O) groups is 3. The third kappa shape index (κ3) is 5.54. The summed E-state index contributed by atoms with van der Waals surface area (Å²) >= 11 is 0. The smallest absolute Gasteiger partial charge is 0.339 e. The number of esters is 1. The molecule has 6 nitrogen and oxygen atoms in total. The average Bonchev–Trinajstić information content (AvgIpc) is 2.75. The van der Waals surface area contributed by atoms with Gasteiger partial charge in [-0.25, -0.2) is 4.79 Å². The van der Waals surface area contributed by atoms with E-state index >= 15 is 0 Å². The van der Waals surface area contributed by atoms with Crippen molar-refractivity contribution >= 4 is 23.3 Å². The summed E-state index contributed by atoms with van der Waals surface area (Å²) in [5.74, 6) is -0.0442. The molecule has 0 aliphatic heterocycles. The van der Waals surface area contributed by atoms with Crippen LogP contribution in [0.3, 0.4) is 0 Å². The summed E-state index contributed by atoms with van der Waals surface area (Å²) in [6.07, 6.45) is -1.01. The highest BCUT2D eigenvalue weighted by molar-refractivity contribution is 5.98. The molecule has 0 fully saturated rings. The molecule has 1 amide bonds. The summed E-state index contributed by atoms with van der Waals surface area (Å²) in [6, 6.07) is 22.2. The van der Waals surface area contributed by atoms with Crippen molar-refractivity contribution in [3.8, 4) is 11.5 Å². The lowest BCUT2D eigenvalue weighted by Gasteiger charge is -2.14. The second kappa shape index (κ2) is 9.52. The second-order valence-electron chi connectivity index (χ2n) is 6.61. The van der Waals surface area contributed by atoms with Crippen LogP contribution in [0.2, 0.25) is 0 Å². The number of nitrogens with one attached hydrogen (secondary N) is 1. The third-order valence-electron chi connectivity index (χ3n) is 4.26. The number of para-hydroxylation sites is 1. The van der Waals surface area contributed by atoms with Gasteiger partial charge >= 0.3 is 5.97 Å². The minimum Gasteiger partial charge on any atom is -0.457 e. The minimum atomic E-state index is -1.01. The first-order chi connectivity index (χ1) is 14.4. The lowest BCUT2D eigenvalue weighted by molar-refractivity contribution is -0.123. The van der Waals surface area contributed by atoms with Crippen molar-refractivity contribution in [3.05, 3.63) is 90.0 Å². The van der Waals surface area contributed by atoms with E-state index in [4.69, 9.17) is 9.47 Å². The Bertz CT molecular complexity index is 1040. The summed E-state index contributed by atoms with van der Waals surface area (Å²) in [5, 5.41) is 2.66. The summed E-state index contributed by atoms with van der Waals surface area (Å²) in [6.45, 7) is 2.95. The zero-order valence-corrected chi connectivity index (χ0v) is 16.6. The number of rotatable bonds is 7. The molecule has 1 N–H and O–H groups in total. The van der Waals surface area contributed by atoms with Gasteiger partial charge in [0, 0.05) is 11.3 Å². The second-order valence-corrected chi connectivity index (χ2v) is 6.61. The zero-order valence-electron chi connectivity index (χ0n) is 16.6. The number of amides is 1. The Kier molecular flexibility index (Phi) is 6.60. The number of benzene rings is 3. The Hall–Kier alpha value is -3.93. The Morgan fingerprint density at radius 1 is 0.800 bits per heavy atom. The van der Waals surface area contributed by atoms with E-state index in [1.165, 1.54) is 13.8 Å². The largest absolute Gasteiger partial charge is 0.457 e. The van der Waals surface area contributed by atoms with Crippen LogP contribution in [0, 0.1) is 0 Å². The van der Waals surface area contributed by atoms with Gasteiger partial charge < -0.3 is 14.8 Å². The molecule has 3 aromatic carbocycles. The molecule has 0 aromatic heterocycles. The van der Waals surface area contributed by atoms with Crippen molar-refractivity contribution in [2.24, 2.45) is 0 Å². The van der Waals surface area contributed by atoms with Crippen LogP contribution in [-0.2, 0) is 9.53 Å². The van der Waals surface area contributed by atoms with Gasteiger partial charge in [-0.05, 0) is 68.4 Å². The lowest BCUT2D eigenvalue weighted by Crippen LogP contribution is -2.30. The molecule has 0 aliphatic carbocycles. The Morgan fingerprint density at radius 2 is 1.47 bits per heavy atom. The fourth-order valence-electron chi connectivity index (χ4n) is 2.63. The van der Waals surface area contributed by atoms with E-state index in [0.29, 0.717) is 22.7 Å². The molecule has 1 atom stereocenters. The first-order valence-electron chi connectivity index (χ1n) is 9.38. The van der Waals surface area contributed by atoms with Crippen molar-refractivity contribution in [1.82, 2.24) is 0 Å². The van der Waals surface area contributed by atoms with Gasteiger partial charge in [0.1, 0.15) is 11.5 Å². The maximum Gasteiger partial charge on any atom is 0.339 e. The van der Waals surface area contributed by atoms with Crippen LogP contribution in [0.1, 0.15) is 34.6 Å². The number of anilines is 1. The highest BCUT2D eigenvalue weighted by Gasteiger charge is 2.19. The molecule has 0 saturated carbocycles. The molecule has 0 radical (unpaired) electrons. The van der Waals surface area contributed by atoms with E-state index < -0.39 is 18.0 Å². The van der Waals surface area contributed by atoms with E-state index in [1.54, 1.807) is 60.7 Å². The number of ether oxygens (including phenoxy) is 2. The molecule has 0 aliphatic rings. The van der Waals surface area contributed by atoms with Gasteiger partial charge in [-0.15, -0.1) is 0 Å². The van der Waals surface area contributed by atoms with E-state index in [1.807, 2.05) is 18.2 Å². The first kappa shape index (κ1) is 20.8. The summed E-state index contributed by atoms with van der Waals surface area (Å²) in [7, 11) is 0. The van der Waals surface area contributed by atoms with Crippen molar-refractivity contribution in [2.75, 3.05) is 5.32 Å². The van der Waals surface area contributed by atoms with E-state index in [9.17, 15) is 14.4 Å². The van der Waals surface area contributed by atoms with Gasteiger partial charge in [0.05, 0.1) is 5.56 Å². The Labute approximate surface area is 174 Å². The highest BCUT2D eigenvalue weighted by Crippen LogP contribution is 2.22. The molecule has 152 valence electrons. The molecule has 0 heterocycles. The molecule has 0 spiro atoms. The van der Waals surface area contributed by atoms with E-state index in [-0.39, 0.29) is 11.3 Å². The molecular formula is C24H21NO5. The standard InChI is InChI=1S/C24H21NO5/c1-16(26)18-11-13-20(14-12-18)25-23(27)17(2)29-24(28)19-7-6-10-22(15-19)30-21-8-4-3-5-9-21/h3-15,17H,1-2H3,(H,25,27)/t17-/m1/s1. The molecule has 3 rings (SSSR count). The molecule has 30 heavy (non-hydrogen) atoms. The zero-order chi connectivity index (χ0) is 21.5. The Morgan fingerprint density at radius 3 is 2.13 bits per heavy atom. The van der Waals surface area contributed by atoms with Crippen LogP contribution in [-0.4, -0.2) is 23.8 Å². The molecule has 0 unspecified atom stereocenters. The maximum atomic E-state index is 12.4. The fourth-order valence-corrected chi connectivity index (χ4v) is 2.63. The van der Waals surface area contributed by atoms with Crippen LogP contribution in [0.4, 0.5) is 5.69 Å². The predicted molar refractivity (Wildman–Crippen MR) is 113 cm³/mol. The van der Waals surface area contributed by atoms with Crippen LogP contribution >= 0.6 is 0 Å². The molecule has 3 aromatic rings. The van der Waals surface area contributed by atoms with Gasteiger partial charge in [-0.3, -0.25) is 9.59 Å². The first-order valence-corrected chi connectivity index (χ1v) is 9.38. The van der Waals surface area contributed by atoms with Crippen LogP contribution in [0.5, 0.6) is 11.5 Å². The Balaban J connectivity index is 1.60. The van der Waals surface area contributed by atoms with E-state index in [0.717, 1.165) is 0 Å². The quantitative estimate of drug-likeness (QED) is 0.450. The van der Waals surface area contributed by atoms with Crippen molar-refractivity contribution in [2.45, 2.75) is 20.0 Å². The summed E-state index contributed by atoms with van der Waals surface area (Å²) in [5.41, 5.74) is 1.32. The lowest BCUT2D eigenvalue weighted by atomic mass is 10.1. The van der Waals surface area contributed by atoms with Gasteiger partial charge in [-0.1, -0.05) is 24.3 Å². The van der Waals surface area contributed by atoms with Gasteiger partial charge in [0.2, 0.25) is 0 Å². The van der Waals surface area contributed by atoms with Crippen molar-refractivity contribution < 1.29 is 23.9 Å². The van der Waals surface area contributed by atoms with Crippen molar-refractivity contribution in [1.29, 1.82) is 0 Å². The average molecular weight is 403 g/mol. The third-order valence-corrected chi connectivity index (χ3v) is 4.26. The van der Waals surface area contributed by atoms with Gasteiger partial charge in [0.25, 0.3) is 5.91 Å². The maximum absolute atomic E-state index is 12.4. The summed E-state index contributed by atoms with van der Waals surface area (Å²) in [4.78, 5) is 36.1. The van der Waals surface area contributed by atoms with Crippen molar-refractivity contribution in [3.63, 3.8) is 0 Å². The van der Waals surface area contributed by atoms with Crippen LogP contribution in [0.25, 0.3) is 0 Å². The van der Waals surface area contributed by atoms with Crippen LogP contribution < -0.4 is 10.1 Å². The monoisotopic (exact) mass is 403 g/mol. The molecule has 6 heteroatoms. The molecular weight excluding hydrogens is 382 g/mol. The number of carbonyl (C=O) groups excluding carboxylic acids is 3. The number of hydrogen-bond donors (Lipinski definition) is 1. The van der Waals surface area contributed by atoms with E-state index in [2.05, 4.69) is 5.32 Å². The minimum absolute atomic E-state index is 0.0614. The topological polar surface area (TPSA) is 81.7 Å². The SMILES string of the molecule is CC(=O)c1ccc(NC(=O)[C@@H](C)OC(=O)c2cccc(Oc3ccccc3)c2)cc1. The predicted octanol–water partition coefficient (Wildman–Crippen LogP) is 4.87. The normalized spacial score (nSPS) is 11.3. The number of ketones is 1. The van der Waals surface area contributed by atoms with Crippen LogP contribution in [0.15, 0.2) is 78.9 Å². The number of Topliss-reactive ketones (excluding diaryl/α,β-unsaturated/α-hetero) is 1.